The van der Waals surface area contributed by atoms with Crippen LogP contribution in [0.2, 0.25) is 0 Å². The van der Waals surface area contributed by atoms with Crippen LogP contribution in [0.25, 0.3) is 0 Å². The van der Waals surface area contributed by atoms with Gasteiger partial charge in [0.1, 0.15) is 0 Å². The van der Waals surface area contributed by atoms with Crippen molar-refractivity contribution in [2.45, 2.75) is 32.1 Å². The smallest absolute Gasteiger partial charge is 0.221 e. The molecule has 1 fully saturated rings. The second-order valence-corrected chi connectivity index (χ2v) is 3.75. The first-order valence-electron chi connectivity index (χ1n) is 4.65. The van der Waals surface area contributed by atoms with Crippen LogP contribution < -0.4 is 5.32 Å². The van der Waals surface area contributed by atoms with Gasteiger partial charge < -0.3 is 5.32 Å². The predicted molar refractivity (Wildman–Crippen MR) is 50.3 cm³/mol. The zero-order valence-electron chi connectivity index (χ0n) is 7.31. The summed E-state index contributed by atoms with van der Waals surface area (Å²) in [5.41, 5.74) is 0. The molecule has 1 aliphatic carbocycles. The van der Waals surface area contributed by atoms with E-state index >= 15 is 0 Å². The molecule has 12 heavy (non-hydrogen) atoms. The lowest BCUT2D eigenvalue weighted by molar-refractivity contribution is -0.120. The van der Waals surface area contributed by atoms with E-state index in [0.29, 0.717) is 12.3 Å². The Balaban J connectivity index is 1.83. The minimum absolute atomic E-state index is 0.0841. The first kappa shape index (κ1) is 9.85. The van der Waals surface area contributed by atoms with E-state index in [2.05, 4.69) is 5.32 Å². The summed E-state index contributed by atoms with van der Waals surface area (Å²) in [5.74, 6) is 1.48. The van der Waals surface area contributed by atoms with Crippen molar-refractivity contribution in [1.82, 2.24) is 5.32 Å². The van der Waals surface area contributed by atoms with Crippen molar-refractivity contribution in [3.63, 3.8) is 0 Å². The highest BCUT2D eigenvalue weighted by atomic mass is 35.5. The summed E-state index contributed by atoms with van der Waals surface area (Å²) in [6, 6.07) is 0. The van der Waals surface area contributed by atoms with Crippen molar-refractivity contribution >= 4 is 17.5 Å². The number of halogens is 1. The first-order chi connectivity index (χ1) is 5.83. The lowest BCUT2D eigenvalue weighted by atomic mass is 10.2. The van der Waals surface area contributed by atoms with Gasteiger partial charge in [-0.15, -0.1) is 11.6 Å². The molecule has 1 amide bonds. The molecule has 0 aromatic rings. The fraction of sp³-hybridized carbons (Fsp3) is 0.889. The zero-order valence-corrected chi connectivity index (χ0v) is 8.07. The molecule has 0 spiro atoms. The van der Waals surface area contributed by atoms with Crippen LogP contribution in [0.4, 0.5) is 0 Å². The molecule has 0 bridgehead atoms. The summed E-state index contributed by atoms with van der Waals surface area (Å²) in [6.45, 7) is 0.826. The highest BCUT2D eigenvalue weighted by molar-refractivity contribution is 6.18. The van der Waals surface area contributed by atoms with Gasteiger partial charge in [-0.2, -0.15) is 0 Å². The lowest BCUT2D eigenvalue weighted by Gasteiger charge is -2.02. The minimum Gasteiger partial charge on any atom is -0.356 e. The van der Waals surface area contributed by atoms with Crippen molar-refractivity contribution in [3.8, 4) is 0 Å². The molecule has 3 heteroatoms. The van der Waals surface area contributed by atoms with Crippen LogP contribution in [0.15, 0.2) is 0 Å². The standard InChI is InChI=1S/C9H16ClNO/c10-6-5-9(12)11-7-1-2-8-3-4-8/h8H,1-7H2,(H,11,12). The number of hydrogen-bond acceptors (Lipinski definition) is 1. The van der Waals surface area contributed by atoms with Gasteiger partial charge in [0.2, 0.25) is 5.91 Å². The summed E-state index contributed by atoms with van der Waals surface area (Å²) in [6.07, 6.45) is 5.65. The molecule has 1 N–H and O–H groups in total. The Hall–Kier alpha value is -0.240. The maximum atomic E-state index is 10.9. The normalized spacial score (nSPS) is 16.1. The van der Waals surface area contributed by atoms with E-state index in [0.717, 1.165) is 18.9 Å². The molecule has 0 heterocycles. The Labute approximate surface area is 78.7 Å². The Morgan fingerprint density at radius 3 is 2.83 bits per heavy atom. The number of carbonyl (C=O) groups is 1. The van der Waals surface area contributed by atoms with Gasteiger partial charge in [0.25, 0.3) is 0 Å². The van der Waals surface area contributed by atoms with E-state index < -0.39 is 0 Å². The second kappa shape index (κ2) is 5.41. The van der Waals surface area contributed by atoms with Crippen LogP contribution in [-0.2, 0) is 4.79 Å². The van der Waals surface area contributed by atoms with E-state index in [-0.39, 0.29) is 5.91 Å². The summed E-state index contributed by atoms with van der Waals surface area (Å²) < 4.78 is 0. The fourth-order valence-electron chi connectivity index (χ4n) is 1.20. The third-order valence-electron chi connectivity index (χ3n) is 2.13. The molecule has 0 aliphatic heterocycles. The molecule has 0 aromatic heterocycles. The van der Waals surface area contributed by atoms with Crippen molar-refractivity contribution in [1.29, 1.82) is 0 Å². The van der Waals surface area contributed by atoms with Crippen molar-refractivity contribution in [2.75, 3.05) is 12.4 Å². The molecular weight excluding hydrogens is 174 g/mol. The average Bonchev–Trinajstić information content (AvgIpc) is 2.82. The minimum atomic E-state index is 0.0841. The van der Waals surface area contributed by atoms with E-state index in [1.54, 1.807) is 0 Å². The van der Waals surface area contributed by atoms with Crippen LogP contribution >= 0.6 is 11.6 Å². The highest BCUT2D eigenvalue weighted by Gasteiger charge is 2.19. The number of rotatable bonds is 6. The Morgan fingerprint density at radius 1 is 1.50 bits per heavy atom. The second-order valence-electron chi connectivity index (χ2n) is 3.37. The number of alkyl halides is 1. The van der Waals surface area contributed by atoms with Gasteiger partial charge in [-0.25, -0.2) is 0 Å². The van der Waals surface area contributed by atoms with E-state index in [9.17, 15) is 4.79 Å². The SMILES string of the molecule is O=C(CCCl)NCCCC1CC1. The molecule has 1 aliphatic rings. The highest BCUT2D eigenvalue weighted by Crippen LogP contribution is 2.33. The molecular formula is C9H16ClNO. The van der Waals surface area contributed by atoms with Gasteiger partial charge in [-0.3, -0.25) is 4.79 Å². The Kier molecular flexibility index (Phi) is 4.44. The molecule has 70 valence electrons. The molecule has 0 atom stereocenters. The summed E-state index contributed by atoms with van der Waals surface area (Å²) in [7, 11) is 0. The molecule has 0 saturated heterocycles. The summed E-state index contributed by atoms with van der Waals surface area (Å²) in [4.78, 5) is 10.9. The van der Waals surface area contributed by atoms with Gasteiger partial charge in [0.05, 0.1) is 0 Å². The Morgan fingerprint density at radius 2 is 2.25 bits per heavy atom. The third-order valence-corrected chi connectivity index (χ3v) is 2.32. The number of nitrogens with one attached hydrogen (secondary N) is 1. The van der Waals surface area contributed by atoms with Gasteiger partial charge in [0.15, 0.2) is 0 Å². The largest absolute Gasteiger partial charge is 0.356 e. The predicted octanol–water partition coefficient (Wildman–Crippen LogP) is 1.92. The van der Waals surface area contributed by atoms with Crippen LogP contribution in [-0.4, -0.2) is 18.3 Å². The number of carbonyl (C=O) groups excluding carboxylic acids is 1. The molecule has 0 unspecified atom stereocenters. The van der Waals surface area contributed by atoms with Gasteiger partial charge in [-0.05, 0) is 18.8 Å². The van der Waals surface area contributed by atoms with Crippen LogP contribution in [0.5, 0.6) is 0 Å². The van der Waals surface area contributed by atoms with Crippen molar-refractivity contribution in [2.24, 2.45) is 5.92 Å². The van der Waals surface area contributed by atoms with Crippen LogP contribution in [0.3, 0.4) is 0 Å². The molecule has 2 nitrogen and oxygen atoms in total. The topological polar surface area (TPSA) is 29.1 Å². The zero-order chi connectivity index (χ0) is 8.81. The van der Waals surface area contributed by atoms with Crippen LogP contribution in [0.1, 0.15) is 32.1 Å². The summed E-state index contributed by atoms with van der Waals surface area (Å²) in [5, 5.41) is 2.84. The molecule has 0 radical (unpaired) electrons. The maximum Gasteiger partial charge on any atom is 0.221 e. The fourth-order valence-corrected chi connectivity index (χ4v) is 1.37. The molecule has 1 saturated carbocycles. The Bertz CT molecular complexity index is 145. The quantitative estimate of drug-likeness (QED) is 0.502. The van der Waals surface area contributed by atoms with Crippen LogP contribution in [0, 0.1) is 5.92 Å². The molecule has 0 aromatic carbocycles. The van der Waals surface area contributed by atoms with E-state index in [1.165, 1.54) is 19.3 Å². The first-order valence-corrected chi connectivity index (χ1v) is 5.19. The van der Waals surface area contributed by atoms with Crippen molar-refractivity contribution < 1.29 is 4.79 Å². The van der Waals surface area contributed by atoms with Gasteiger partial charge in [0, 0.05) is 18.8 Å². The maximum absolute atomic E-state index is 10.9. The monoisotopic (exact) mass is 189 g/mol. The third kappa shape index (κ3) is 4.60. The number of hydrogen-bond donors (Lipinski definition) is 1. The molecule has 1 rings (SSSR count). The summed E-state index contributed by atoms with van der Waals surface area (Å²) >= 11 is 5.41. The average molecular weight is 190 g/mol. The van der Waals surface area contributed by atoms with Gasteiger partial charge >= 0.3 is 0 Å². The van der Waals surface area contributed by atoms with E-state index in [4.69, 9.17) is 11.6 Å². The lowest BCUT2D eigenvalue weighted by Crippen LogP contribution is -2.24. The number of amides is 1. The van der Waals surface area contributed by atoms with Crippen molar-refractivity contribution in [3.05, 3.63) is 0 Å². The van der Waals surface area contributed by atoms with Gasteiger partial charge in [-0.1, -0.05) is 12.8 Å². The van der Waals surface area contributed by atoms with E-state index in [1.807, 2.05) is 0 Å².